The van der Waals surface area contributed by atoms with Crippen LogP contribution in [0.4, 0.5) is 5.69 Å². The fourth-order valence-corrected chi connectivity index (χ4v) is 3.48. The second-order valence-corrected chi connectivity index (χ2v) is 8.51. The monoisotopic (exact) mass is 396 g/mol. The van der Waals surface area contributed by atoms with Gasteiger partial charge in [-0.25, -0.2) is 0 Å². The summed E-state index contributed by atoms with van der Waals surface area (Å²) in [6.45, 7) is 10.0. The number of hydrogen-bond donors (Lipinski definition) is 0. The number of piperazine rings is 1. The third-order valence-electron chi connectivity index (χ3n) is 5.26. The number of esters is 1. The Balaban J connectivity index is 1.66. The number of ether oxygens (including phenoxy) is 2. The minimum absolute atomic E-state index is 0.168. The Hall–Kier alpha value is -2.53. The topological polar surface area (TPSA) is 42.0 Å². The Bertz CT molecular complexity index is 793. The lowest BCUT2D eigenvalue weighted by atomic mass is 9.97. The second-order valence-electron chi connectivity index (χ2n) is 8.51. The van der Waals surface area contributed by atoms with Crippen LogP contribution in [0, 0.1) is 5.41 Å². The van der Waals surface area contributed by atoms with Crippen molar-refractivity contribution in [3.05, 3.63) is 60.2 Å². The number of rotatable bonds is 6. The van der Waals surface area contributed by atoms with Gasteiger partial charge in [0.25, 0.3) is 0 Å². The first-order valence-corrected chi connectivity index (χ1v) is 10.2. The molecule has 5 heteroatoms. The molecular formula is C24H32N2O3. The SMILES string of the molecule is COc1ccccc1N1CCN(CC(OC(=O)C(C)(C)C)c2ccccc2)CC1. The number of carbonyl (C=O) groups excluding carboxylic acids is 1. The van der Waals surface area contributed by atoms with Crippen molar-refractivity contribution in [3.63, 3.8) is 0 Å². The smallest absolute Gasteiger partial charge is 0.311 e. The van der Waals surface area contributed by atoms with Gasteiger partial charge < -0.3 is 14.4 Å². The van der Waals surface area contributed by atoms with Crippen molar-refractivity contribution in [2.24, 2.45) is 5.41 Å². The van der Waals surface area contributed by atoms with Crippen LogP contribution in [0.1, 0.15) is 32.4 Å². The average molecular weight is 397 g/mol. The quantitative estimate of drug-likeness (QED) is 0.686. The van der Waals surface area contributed by atoms with Gasteiger partial charge in [-0.15, -0.1) is 0 Å². The summed E-state index contributed by atoms with van der Waals surface area (Å²) >= 11 is 0. The van der Waals surface area contributed by atoms with Crippen LogP contribution in [0.5, 0.6) is 5.75 Å². The van der Waals surface area contributed by atoms with Crippen LogP contribution in [0.15, 0.2) is 54.6 Å². The maximum Gasteiger partial charge on any atom is 0.311 e. The van der Waals surface area contributed by atoms with E-state index in [9.17, 15) is 4.79 Å². The van der Waals surface area contributed by atoms with Crippen LogP contribution >= 0.6 is 0 Å². The van der Waals surface area contributed by atoms with Gasteiger partial charge in [-0.1, -0.05) is 42.5 Å². The van der Waals surface area contributed by atoms with E-state index in [1.54, 1.807) is 7.11 Å². The fourth-order valence-electron chi connectivity index (χ4n) is 3.48. The van der Waals surface area contributed by atoms with E-state index >= 15 is 0 Å². The van der Waals surface area contributed by atoms with E-state index in [1.165, 1.54) is 0 Å². The third kappa shape index (κ3) is 5.51. The lowest BCUT2D eigenvalue weighted by Crippen LogP contribution is -2.48. The van der Waals surface area contributed by atoms with E-state index in [1.807, 2.05) is 69.3 Å². The average Bonchev–Trinajstić information content (AvgIpc) is 2.73. The summed E-state index contributed by atoms with van der Waals surface area (Å²) in [5, 5.41) is 0. The van der Waals surface area contributed by atoms with E-state index in [0.29, 0.717) is 6.54 Å². The lowest BCUT2D eigenvalue weighted by molar-refractivity contribution is -0.160. The van der Waals surface area contributed by atoms with Crippen molar-refractivity contribution < 1.29 is 14.3 Å². The summed E-state index contributed by atoms with van der Waals surface area (Å²) in [6.07, 6.45) is -0.263. The predicted octanol–water partition coefficient (Wildman–Crippen LogP) is 4.15. The lowest BCUT2D eigenvalue weighted by Gasteiger charge is -2.38. The molecule has 1 saturated heterocycles. The molecule has 1 aliphatic heterocycles. The Kier molecular flexibility index (Phi) is 6.80. The van der Waals surface area contributed by atoms with Gasteiger partial charge in [0.05, 0.1) is 18.2 Å². The molecule has 0 amide bonds. The molecule has 0 aromatic heterocycles. The van der Waals surface area contributed by atoms with Gasteiger partial charge in [-0.05, 0) is 38.5 Å². The van der Waals surface area contributed by atoms with Crippen LogP contribution in [0.3, 0.4) is 0 Å². The fraction of sp³-hybridized carbons (Fsp3) is 0.458. The first-order valence-electron chi connectivity index (χ1n) is 10.2. The van der Waals surface area contributed by atoms with E-state index in [-0.39, 0.29) is 12.1 Å². The van der Waals surface area contributed by atoms with Crippen LogP contribution in [-0.4, -0.2) is 50.7 Å². The van der Waals surface area contributed by atoms with Crippen LogP contribution in [0.2, 0.25) is 0 Å². The zero-order valence-electron chi connectivity index (χ0n) is 17.9. The van der Waals surface area contributed by atoms with Gasteiger partial charge in [-0.2, -0.15) is 0 Å². The highest BCUT2D eigenvalue weighted by Gasteiger charge is 2.29. The maximum absolute atomic E-state index is 12.5. The van der Waals surface area contributed by atoms with Gasteiger partial charge in [0.2, 0.25) is 0 Å². The standard InChI is InChI=1S/C24H32N2O3/c1-24(2,3)23(27)29-22(19-10-6-5-7-11-19)18-25-14-16-26(17-15-25)20-12-8-9-13-21(20)28-4/h5-13,22H,14-18H2,1-4H3. The molecule has 1 heterocycles. The highest BCUT2D eigenvalue weighted by molar-refractivity contribution is 5.75. The van der Waals surface area contributed by atoms with Gasteiger partial charge >= 0.3 is 5.97 Å². The Morgan fingerprint density at radius 1 is 0.966 bits per heavy atom. The van der Waals surface area contributed by atoms with Crippen molar-refractivity contribution >= 4 is 11.7 Å². The summed E-state index contributed by atoms with van der Waals surface area (Å²) in [5.74, 6) is 0.737. The molecule has 1 fully saturated rings. The van der Waals surface area contributed by atoms with Crippen molar-refractivity contribution in [2.45, 2.75) is 26.9 Å². The van der Waals surface area contributed by atoms with Crippen molar-refractivity contribution in [1.82, 2.24) is 4.90 Å². The Morgan fingerprint density at radius 3 is 2.21 bits per heavy atom. The molecule has 0 saturated carbocycles. The number of benzene rings is 2. The highest BCUT2D eigenvalue weighted by atomic mass is 16.5. The van der Waals surface area contributed by atoms with E-state index in [0.717, 1.165) is 43.2 Å². The van der Waals surface area contributed by atoms with E-state index in [4.69, 9.17) is 9.47 Å². The number of carbonyl (C=O) groups is 1. The van der Waals surface area contributed by atoms with Crippen molar-refractivity contribution in [3.8, 4) is 5.75 Å². The predicted molar refractivity (Wildman–Crippen MR) is 116 cm³/mol. The number of anilines is 1. The van der Waals surface area contributed by atoms with Gasteiger partial charge in [0.15, 0.2) is 0 Å². The van der Waals surface area contributed by atoms with E-state index < -0.39 is 5.41 Å². The zero-order chi connectivity index (χ0) is 20.9. The molecule has 1 unspecified atom stereocenters. The summed E-state index contributed by atoms with van der Waals surface area (Å²) < 4.78 is 11.4. The van der Waals surface area contributed by atoms with Gasteiger partial charge in [0.1, 0.15) is 11.9 Å². The molecule has 1 aliphatic rings. The molecule has 0 radical (unpaired) electrons. The first-order chi connectivity index (χ1) is 13.9. The summed E-state index contributed by atoms with van der Waals surface area (Å²) in [4.78, 5) is 17.3. The molecule has 29 heavy (non-hydrogen) atoms. The molecule has 2 aromatic carbocycles. The minimum atomic E-state index is -0.518. The second kappa shape index (κ2) is 9.31. The Labute approximate surface area is 174 Å². The first kappa shape index (κ1) is 21.2. The largest absolute Gasteiger partial charge is 0.495 e. The van der Waals surface area contributed by atoms with Crippen LogP contribution in [-0.2, 0) is 9.53 Å². The normalized spacial score (nSPS) is 16.3. The molecule has 3 rings (SSSR count). The third-order valence-corrected chi connectivity index (χ3v) is 5.26. The number of hydrogen-bond acceptors (Lipinski definition) is 5. The van der Waals surface area contributed by atoms with Crippen LogP contribution in [0.25, 0.3) is 0 Å². The summed E-state index contributed by atoms with van der Waals surface area (Å²) in [6, 6.07) is 18.2. The molecule has 2 aromatic rings. The minimum Gasteiger partial charge on any atom is -0.495 e. The molecule has 1 atom stereocenters. The van der Waals surface area contributed by atoms with Crippen molar-refractivity contribution in [1.29, 1.82) is 0 Å². The maximum atomic E-state index is 12.5. The summed E-state index contributed by atoms with van der Waals surface area (Å²) in [5.41, 5.74) is 1.65. The summed E-state index contributed by atoms with van der Waals surface area (Å²) in [7, 11) is 1.71. The van der Waals surface area contributed by atoms with Gasteiger partial charge in [-0.3, -0.25) is 9.69 Å². The molecule has 0 spiro atoms. The molecule has 0 bridgehead atoms. The molecule has 0 aliphatic carbocycles. The Morgan fingerprint density at radius 2 is 1.59 bits per heavy atom. The zero-order valence-corrected chi connectivity index (χ0v) is 17.9. The number of methoxy groups -OCH3 is 1. The van der Waals surface area contributed by atoms with E-state index in [2.05, 4.69) is 15.9 Å². The molecule has 156 valence electrons. The molecular weight excluding hydrogens is 364 g/mol. The van der Waals surface area contributed by atoms with Crippen LogP contribution < -0.4 is 9.64 Å². The van der Waals surface area contributed by atoms with Gasteiger partial charge in [0, 0.05) is 32.7 Å². The highest BCUT2D eigenvalue weighted by Crippen LogP contribution is 2.29. The van der Waals surface area contributed by atoms with Crippen molar-refractivity contribution in [2.75, 3.05) is 44.7 Å². The molecule has 5 nitrogen and oxygen atoms in total. The number of para-hydroxylation sites is 2. The number of nitrogens with zero attached hydrogens (tertiary/aromatic N) is 2. The molecule has 0 N–H and O–H groups in total.